The number of carbonyl (C=O) groups is 3. The van der Waals surface area contributed by atoms with Crippen LogP contribution in [0.5, 0.6) is 17.2 Å². The highest BCUT2D eigenvalue weighted by molar-refractivity contribution is 5.78. The van der Waals surface area contributed by atoms with Crippen molar-refractivity contribution >= 4 is 30.1 Å². The van der Waals surface area contributed by atoms with Crippen LogP contribution in [0.2, 0.25) is 0 Å². The second kappa shape index (κ2) is 21.7. The van der Waals surface area contributed by atoms with E-state index in [-0.39, 0.29) is 24.5 Å². The van der Waals surface area contributed by atoms with Gasteiger partial charge in [0.25, 0.3) is 0 Å². The van der Waals surface area contributed by atoms with Gasteiger partial charge in [-0.3, -0.25) is 4.79 Å². The first-order valence-electron chi connectivity index (χ1n) is 22.0. The molecule has 0 fully saturated rings. The third-order valence-corrected chi connectivity index (χ3v) is 11.1. The molecule has 0 saturated heterocycles. The molecule has 0 aliphatic carbocycles. The van der Waals surface area contributed by atoms with Crippen LogP contribution in [-0.2, 0) is 35.1 Å². The van der Waals surface area contributed by atoms with E-state index in [9.17, 15) is 14.4 Å². The predicted octanol–water partition coefficient (Wildman–Crippen LogP) is 12.0. The zero-order chi connectivity index (χ0) is 46.3. The summed E-state index contributed by atoms with van der Waals surface area (Å²) in [5.41, 5.74) is 4.33. The highest BCUT2D eigenvalue weighted by Crippen LogP contribution is 2.42. The van der Waals surface area contributed by atoms with Crippen molar-refractivity contribution in [3.8, 4) is 17.2 Å². The van der Waals surface area contributed by atoms with Crippen LogP contribution in [0.15, 0.2) is 224 Å². The Bertz CT molecular complexity index is 2690. The maximum absolute atomic E-state index is 13.7. The summed E-state index contributed by atoms with van der Waals surface area (Å²) >= 11 is 0. The number of ether oxygens (including phenoxy) is 5. The zero-order valence-corrected chi connectivity index (χ0v) is 36.9. The van der Waals surface area contributed by atoms with E-state index in [0.717, 1.165) is 38.9 Å². The smallest absolute Gasteiger partial charge is 0.337 e. The van der Waals surface area contributed by atoms with Gasteiger partial charge in [0.15, 0.2) is 0 Å². The monoisotopic (exact) mass is 884 g/mol. The van der Waals surface area contributed by atoms with Gasteiger partial charge in [-0.05, 0) is 68.8 Å². The lowest BCUT2D eigenvalue weighted by Crippen LogP contribution is -2.35. The van der Waals surface area contributed by atoms with E-state index in [2.05, 4.69) is 0 Å². The third-order valence-electron chi connectivity index (χ3n) is 11.1. The Morgan fingerprint density at radius 1 is 0.358 bits per heavy atom. The van der Waals surface area contributed by atoms with E-state index >= 15 is 0 Å². The first-order valence-corrected chi connectivity index (χ1v) is 22.0. The zero-order valence-electron chi connectivity index (χ0n) is 36.9. The van der Waals surface area contributed by atoms with E-state index in [1.54, 1.807) is 49.4 Å². The van der Waals surface area contributed by atoms with Gasteiger partial charge in [0.1, 0.15) is 41.7 Å². The molecule has 8 rings (SSSR count). The molecule has 0 heterocycles. The topological polar surface area (TPSA) is 97.4 Å². The van der Waals surface area contributed by atoms with Crippen LogP contribution in [-0.4, -0.2) is 31.1 Å². The van der Waals surface area contributed by atoms with Crippen molar-refractivity contribution < 1.29 is 38.1 Å². The highest BCUT2D eigenvalue weighted by Gasteiger charge is 2.39. The van der Waals surface area contributed by atoms with Crippen molar-refractivity contribution in [3.63, 3.8) is 0 Å². The second-order valence-corrected chi connectivity index (χ2v) is 15.6. The molecule has 0 saturated carbocycles. The van der Waals surface area contributed by atoms with Crippen molar-refractivity contribution in [2.24, 2.45) is 0 Å². The fourth-order valence-corrected chi connectivity index (χ4v) is 8.04. The summed E-state index contributed by atoms with van der Waals surface area (Å²) in [6.07, 6.45) is 3.79. The van der Waals surface area contributed by atoms with Gasteiger partial charge in [-0.2, -0.15) is 0 Å². The molecule has 0 N–H and O–H groups in total. The van der Waals surface area contributed by atoms with E-state index in [1.165, 1.54) is 6.07 Å². The summed E-state index contributed by atoms with van der Waals surface area (Å²) in [6.45, 7) is 0.969. The molecule has 8 aromatic rings. The van der Waals surface area contributed by atoms with Crippen LogP contribution in [0, 0.1) is 0 Å². The molecule has 8 heteroatoms. The Labute approximate surface area is 390 Å². The minimum Gasteiger partial charge on any atom is -0.426 e. The molecule has 0 aliphatic heterocycles. The Morgan fingerprint density at radius 2 is 0.657 bits per heavy atom. The van der Waals surface area contributed by atoms with Crippen molar-refractivity contribution in [3.05, 3.63) is 269 Å². The first kappa shape index (κ1) is 45.4. The molecule has 0 aliphatic rings. The third kappa shape index (κ3) is 10.9. The Kier molecular flexibility index (Phi) is 14.7. The largest absolute Gasteiger partial charge is 0.426 e. The molecule has 332 valence electrons. The summed E-state index contributed by atoms with van der Waals surface area (Å²) in [5.74, 6) is -0.933. The van der Waals surface area contributed by atoms with E-state index in [1.807, 2.05) is 188 Å². The maximum atomic E-state index is 13.7. The normalized spacial score (nSPS) is 11.5. The van der Waals surface area contributed by atoms with Gasteiger partial charge in [-0.1, -0.05) is 213 Å². The average Bonchev–Trinajstić information content (AvgIpc) is 3.38. The van der Waals surface area contributed by atoms with E-state index in [0.29, 0.717) is 11.3 Å². The Morgan fingerprint density at radius 3 is 0.985 bits per heavy atom. The van der Waals surface area contributed by atoms with Gasteiger partial charge in [-0.15, -0.1) is 0 Å². The van der Waals surface area contributed by atoms with Gasteiger partial charge in [0, 0.05) is 12.5 Å². The lowest BCUT2D eigenvalue weighted by molar-refractivity contribution is -0.144. The van der Waals surface area contributed by atoms with Gasteiger partial charge >= 0.3 is 17.9 Å². The van der Waals surface area contributed by atoms with Crippen LogP contribution in [0.3, 0.4) is 0 Å². The molecular weight excluding hydrogens is 837 g/mol. The van der Waals surface area contributed by atoms with Crippen molar-refractivity contribution in [1.29, 1.82) is 0 Å². The predicted molar refractivity (Wildman–Crippen MR) is 259 cm³/mol. The molecule has 0 amide bonds. The highest BCUT2D eigenvalue weighted by atomic mass is 16.6. The average molecular weight is 885 g/mol. The Balaban J connectivity index is 0.972. The van der Waals surface area contributed by atoms with Gasteiger partial charge in [-0.25, -0.2) is 9.59 Å². The molecule has 8 aromatic carbocycles. The van der Waals surface area contributed by atoms with Crippen LogP contribution in [0.25, 0.3) is 12.2 Å². The SMILES string of the molecule is CCC(=O)Oc1cc(/C=C/c2ccc(OC(=O)COC(c3ccccc3)(c3ccccc3)c3ccccc3)cc2)cc(OC(=O)COC(c2ccccc2)(c2ccccc2)c2ccccc2)c1. The van der Waals surface area contributed by atoms with Crippen LogP contribution < -0.4 is 14.2 Å². The fraction of sp³-hybridized carbons (Fsp3) is 0.102. The number of carbonyl (C=O) groups excluding carboxylic acids is 3. The second-order valence-electron chi connectivity index (χ2n) is 15.6. The van der Waals surface area contributed by atoms with Gasteiger partial charge < -0.3 is 23.7 Å². The quantitative estimate of drug-likeness (QED) is 0.0364. The van der Waals surface area contributed by atoms with Crippen molar-refractivity contribution in [2.45, 2.75) is 24.5 Å². The lowest BCUT2D eigenvalue weighted by Gasteiger charge is -2.35. The maximum Gasteiger partial charge on any atom is 0.337 e. The van der Waals surface area contributed by atoms with Gasteiger partial charge in [0.2, 0.25) is 0 Å². The molecule has 0 aromatic heterocycles. The lowest BCUT2D eigenvalue weighted by atomic mass is 9.80. The summed E-state index contributed by atoms with van der Waals surface area (Å²) in [5, 5.41) is 0. The molecule has 0 atom stereocenters. The van der Waals surface area contributed by atoms with Crippen LogP contribution >= 0.6 is 0 Å². The summed E-state index contributed by atoms with van der Waals surface area (Å²) in [4.78, 5) is 39.5. The minimum absolute atomic E-state index is 0.153. The number of esters is 3. The van der Waals surface area contributed by atoms with E-state index in [4.69, 9.17) is 23.7 Å². The van der Waals surface area contributed by atoms with Crippen LogP contribution in [0.4, 0.5) is 0 Å². The minimum atomic E-state index is -1.13. The number of benzene rings is 8. The molecule has 0 spiro atoms. The van der Waals surface area contributed by atoms with E-state index < -0.39 is 35.7 Å². The van der Waals surface area contributed by atoms with Crippen molar-refractivity contribution in [2.75, 3.05) is 13.2 Å². The number of rotatable bonds is 18. The molecule has 67 heavy (non-hydrogen) atoms. The van der Waals surface area contributed by atoms with Crippen molar-refractivity contribution in [1.82, 2.24) is 0 Å². The molecule has 0 radical (unpaired) electrons. The first-order chi connectivity index (χ1) is 32.9. The molecule has 8 nitrogen and oxygen atoms in total. The number of hydrogen-bond acceptors (Lipinski definition) is 8. The molecular formula is C59H48O8. The van der Waals surface area contributed by atoms with Crippen LogP contribution in [0.1, 0.15) is 57.9 Å². The fourth-order valence-electron chi connectivity index (χ4n) is 8.04. The molecule has 0 bridgehead atoms. The summed E-state index contributed by atoms with van der Waals surface area (Å²) < 4.78 is 30.5. The molecule has 0 unspecified atom stereocenters. The number of hydrogen-bond donors (Lipinski definition) is 0. The Hall–Kier alpha value is -8.17. The summed E-state index contributed by atoms with van der Waals surface area (Å²) in [6, 6.07) is 70.6. The van der Waals surface area contributed by atoms with Gasteiger partial charge in [0.05, 0.1) is 0 Å². The summed E-state index contributed by atoms with van der Waals surface area (Å²) in [7, 11) is 0. The standard InChI is InChI=1S/C59H48O8/c1-2-55(60)66-53-39-45(40-54(41-53)67-57(62)43-64-59(49-27-15-6-16-28-49,50-29-17-7-18-30-50)51-31-19-8-20-32-51)34-33-44-35-37-52(38-36-44)65-56(61)42-63-58(46-21-9-3-10-22-46,47-23-11-4-12-24-47)48-25-13-5-14-26-48/h3-41H,2,42-43H2,1H3/b34-33+.